The van der Waals surface area contributed by atoms with Crippen LogP contribution in [0.5, 0.6) is 0 Å². The summed E-state index contributed by atoms with van der Waals surface area (Å²) >= 11 is 0. The number of oxime groups is 1. The predicted molar refractivity (Wildman–Crippen MR) is 63.2 cm³/mol. The third-order valence-corrected chi connectivity index (χ3v) is 7.24. The molecule has 2 aliphatic rings. The molecule has 0 saturated heterocycles. The fraction of sp³-hybridized carbons (Fsp3) is 0.909. The minimum Gasteiger partial charge on any atom is -0.390 e. The van der Waals surface area contributed by atoms with E-state index in [0.717, 1.165) is 18.6 Å². The first-order valence-corrected chi connectivity index (χ1v) is 7.12. The summed E-state index contributed by atoms with van der Waals surface area (Å²) in [6.07, 6.45) is 1.81. The zero-order valence-electron chi connectivity index (χ0n) is 10.3. The van der Waals surface area contributed by atoms with Gasteiger partial charge in [-0.05, 0) is 40.5 Å². The minimum atomic E-state index is -3.17. The Bertz CT molecular complexity index is 432. The second-order valence-electron chi connectivity index (χ2n) is 5.68. The maximum atomic E-state index is 12.5. The van der Waals surface area contributed by atoms with Gasteiger partial charge in [0.05, 0.1) is 10.5 Å². The van der Waals surface area contributed by atoms with Crippen LogP contribution in [0.2, 0.25) is 0 Å². The van der Waals surface area contributed by atoms with Crippen molar-refractivity contribution < 1.29 is 13.3 Å². The van der Waals surface area contributed by atoms with Crippen LogP contribution in [0.15, 0.2) is 5.16 Å². The Kier molecular flexibility index (Phi) is 2.39. The second-order valence-corrected chi connectivity index (χ2v) is 8.73. The van der Waals surface area contributed by atoms with Crippen molar-refractivity contribution in [1.29, 1.82) is 0 Å². The molecular formula is C11H19NO3S. The molecule has 0 aromatic rings. The van der Waals surface area contributed by atoms with Crippen LogP contribution in [0.1, 0.15) is 47.0 Å². The second kappa shape index (κ2) is 3.22. The molecule has 1 aliphatic carbocycles. The average molecular weight is 245 g/mol. The molecule has 1 fully saturated rings. The van der Waals surface area contributed by atoms with Gasteiger partial charge in [0.25, 0.3) is 0 Å². The van der Waals surface area contributed by atoms with Crippen molar-refractivity contribution in [2.75, 3.05) is 0 Å². The molecule has 4 nitrogen and oxygen atoms in total. The number of hydrogen-bond donors (Lipinski definition) is 0. The molecule has 0 radical (unpaired) electrons. The largest absolute Gasteiger partial charge is 0.390 e. The highest BCUT2D eigenvalue weighted by Crippen LogP contribution is 2.49. The van der Waals surface area contributed by atoms with Gasteiger partial charge in [-0.25, -0.2) is 8.42 Å². The molecule has 1 saturated carbocycles. The average Bonchev–Trinajstić information content (AvgIpc) is 2.76. The van der Waals surface area contributed by atoms with Gasteiger partial charge in [-0.3, -0.25) is 0 Å². The van der Waals surface area contributed by atoms with Crippen LogP contribution >= 0.6 is 0 Å². The highest BCUT2D eigenvalue weighted by molar-refractivity contribution is 7.94. The Hall–Kier alpha value is -0.580. The minimum absolute atomic E-state index is 0.338. The molecule has 0 bridgehead atoms. The summed E-state index contributed by atoms with van der Waals surface area (Å²) in [7, 11) is -3.17. The van der Waals surface area contributed by atoms with Crippen molar-refractivity contribution in [3.63, 3.8) is 0 Å². The normalized spacial score (nSPS) is 28.5. The smallest absolute Gasteiger partial charge is 0.164 e. The van der Waals surface area contributed by atoms with Crippen molar-refractivity contribution >= 4 is 15.5 Å². The van der Waals surface area contributed by atoms with E-state index in [4.69, 9.17) is 4.84 Å². The van der Waals surface area contributed by atoms with Crippen LogP contribution < -0.4 is 0 Å². The Morgan fingerprint density at radius 2 is 2.00 bits per heavy atom. The quantitative estimate of drug-likeness (QED) is 0.763. The van der Waals surface area contributed by atoms with E-state index in [1.165, 1.54) is 0 Å². The molecule has 1 unspecified atom stereocenters. The van der Waals surface area contributed by atoms with Gasteiger partial charge >= 0.3 is 0 Å². The molecule has 0 aromatic carbocycles. The maximum absolute atomic E-state index is 12.5. The first-order chi connectivity index (χ1) is 7.21. The lowest BCUT2D eigenvalue weighted by atomic mass is 10.0. The van der Waals surface area contributed by atoms with Crippen molar-refractivity contribution in [3.05, 3.63) is 0 Å². The lowest BCUT2D eigenvalue weighted by molar-refractivity contribution is 0.0607. The molecule has 92 valence electrons. The summed E-state index contributed by atoms with van der Waals surface area (Å²) in [5.41, 5.74) is 0.870. The van der Waals surface area contributed by atoms with E-state index in [0.29, 0.717) is 6.42 Å². The Labute approximate surface area is 97.0 Å². The van der Waals surface area contributed by atoms with E-state index >= 15 is 0 Å². The summed E-state index contributed by atoms with van der Waals surface area (Å²) in [4.78, 5) is 5.25. The monoisotopic (exact) mass is 245 g/mol. The molecule has 5 heteroatoms. The van der Waals surface area contributed by atoms with Crippen LogP contribution in [0.4, 0.5) is 0 Å². The molecular weight excluding hydrogens is 226 g/mol. The lowest BCUT2D eigenvalue weighted by Gasteiger charge is -2.32. The fourth-order valence-electron chi connectivity index (χ4n) is 2.12. The molecule has 1 atom stereocenters. The van der Waals surface area contributed by atoms with Crippen molar-refractivity contribution in [1.82, 2.24) is 0 Å². The fourth-order valence-corrected chi connectivity index (χ4v) is 4.50. The van der Waals surface area contributed by atoms with Crippen molar-refractivity contribution in [2.45, 2.75) is 62.6 Å². The molecule has 0 amide bonds. The Morgan fingerprint density at radius 1 is 1.44 bits per heavy atom. The van der Waals surface area contributed by atoms with Crippen molar-refractivity contribution in [2.24, 2.45) is 5.16 Å². The van der Waals surface area contributed by atoms with E-state index in [-0.39, 0.29) is 6.10 Å². The van der Waals surface area contributed by atoms with Crippen LogP contribution in [-0.2, 0) is 14.7 Å². The summed E-state index contributed by atoms with van der Waals surface area (Å²) in [6, 6.07) is 0. The van der Waals surface area contributed by atoms with Gasteiger partial charge in [-0.15, -0.1) is 0 Å². The topological polar surface area (TPSA) is 55.7 Å². The van der Waals surface area contributed by atoms with Crippen LogP contribution in [0.25, 0.3) is 0 Å². The van der Waals surface area contributed by atoms with Crippen molar-refractivity contribution in [3.8, 4) is 0 Å². The Balaban J connectivity index is 2.26. The first kappa shape index (κ1) is 11.9. The van der Waals surface area contributed by atoms with Crippen LogP contribution in [-0.4, -0.2) is 29.7 Å². The van der Waals surface area contributed by atoms with Gasteiger partial charge < -0.3 is 4.84 Å². The standard InChI is InChI=1S/C11H19NO3S/c1-8-7-9(15-12-8)10(2,3)16(13,14)11(4)5-6-11/h9H,5-7H2,1-4H3. The summed E-state index contributed by atoms with van der Waals surface area (Å²) in [6.45, 7) is 7.20. The molecule has 1 heterocycles. The van der Waals surface area contributed by atoms with Gasteiger partial charge in [0.1, 0.15) is 4.75 Å². The zero-order chi connectivity index (χ0) is 12.2. The van der Waals surface area contributed by atoms with E-state index < -0.39 is 19.3 Å². The third-order valence-electron chi connectivity index (χ3n) is 3.89. The highest BCUT2D eigenvalue weighted by Gasteiger charge is 2.59. The van der Waals surface area contributed by atoms with Crippen LogP contribution in [0, 0.1) is 0 Å². The van der Waals surface area contributed by atoms with E-state index in [2.05, 4.69) is 5.16 Å². The number of hydrogen-bond acceptors (Lipinski definition) is 4. The van der Waals surface area contributed by atoms with Gasteiger partial charge in [0.15, 0.2) is 15.9 Å². The lowest BCUT2D eigenvalue weighted by Crippen LogP contribution is -2.48. The zero-order valence-corrected chi connectivity index (χ0v) is 11.1. The SMILES string of the molecule is CC1=NOC(C(C)(C)S(=O)(=O)C2(C)CC2)C1. The first-order valence-electron chi connectivity index (χ1n) is 5.64. The summed E-state index contributed by atoms with van der Waals surface area (Å²) in [5, 5.41) is 3.85. The molecule has 2 rings (SSSR count). The van der Waals surface area contributed by atoms with Gasteiger partial charge in [-0.2, -0.15) is 0 Å². The molecule has 16 heavy (non-hydrogen) atoms. The third kappa shape index (κ3) is 1.48. The van der Waals surface area contributed by atoms with Gasteiger partial charge in [-0.1, -0.05) is 5.16 Å². The van der Waals surface area contributed by atoms with E-state index in [1.54, 1.807) is 13.8 Å². The summed E-state index contributed by atoms with van der Waals surface area (Å²) < 4.78 is 23.6. The summed E-state index contributed by atoms with van der Waals surface area (Å²) in [5.74, 6) is 0. The molecule has 0 N–H and O–H groups in total. The highest BCUT2D eigenvalue weighted by atomic mass is 32.2. The molecule has 0 spiro atoms. The van der Waals surface area contributed by atoms with Crippen LogP contribution in [0.3, 0.4) is 0 Å². The number of rotatable bonds is 3. The molecule has 1 aliphatic heterocycles. The molecule has 0 aromatic heterocycles. The van der Waals surface area contributed by atoms with E-state index in [1.807, 2.05) is 13.8 Å². The number of nitrogens with zero attached hydrogens (tertiary/aromatic N) is 1. The number of sulfone groups is 1. The van der Waals surface area contributed by atoms with Gasteiger partial charge in [0.2, 0.25) is 0 Å². The Morgan fingerprint density at radius 3 is 2.38 bits per heavy atom. The van der Waals surface area contributed by atoms with E-state index in [9.17, 15) is 8.42 Å². The predicted octanol–water partition coefficient (Wildman–Crippen LogP) is 1.90. The van der Waals surface area contributed by atoms with Gasteiger partial charge in [0, 0.05) is 6.42 Å². The maximum Gasteiger partial charge on any atom is 0.164 e.